The first-order chi connectivity index (χ1) is 8.20. The molecule has 0 aliphatic carbocycles. The number of hydrogen-bond donors (Lipinski definition) is 3. The van der Waals surface area contributed by atoms with Crippen molar-refractivity contribution in [3.05, 3.63) is 30.2 Å². The highest BCUT2D eigenvalue weighted by Gasteiger charge is 2.11. The summed E-state index contributed by atoms with van der Waals surface area (Å²) in [6.45, 7) is -0.0316. The van der Waals surface area contributed by atoms with Crippen LogP contribution < -0.4 is 11.1 Å². The van der Waals surface area contributed by atoms with E-state index in [-0.39, 0.29) is 12.5 Å². The molecule has 6 heteroatoms. The zero-order chi connectivity index (χ0) is 12.3. The van der Waals surface area contributed by atoms with E-state index in [0.29, 0.717) is 12.1 Å². The summed E-state index contributed by atoms with van der Waals surface area (Å²) in [7, 11) is 0. The van der Waals surface area contributed by atoms with Crippen LogP contribution in [0.2, 0.25) is 0 Å². The molecule has 0 saturated carbocycles. The smallest absolute Gasteiger partial charge is 0.239 e. The van der Waals surface area contributed by atoms with Gasteiger partial charge in [0.05, 0.1) is 6.61 Å². The van der Waals surface area contributed by atoms with Gasteiger partial charge in [-0.15, -0.1) is 0 Å². The number of nitrogens with two attached hydrogens (primary N) is 1. The second-order valence-electron chi connectivity index (χ2n) is 3.66. The molecule has 0 aliphatic rings. The quantitative estimate of drug-likeness (QED) is 0.679. The molecule has 0 bridgehead atoms. The fourth-order valence-corrected chi connectivity index (χ4v) is 1.41. The van der Waals surface area contributed by atoms with E-state index in [4.69, 9.17) is 15.3 Å². The van der Waals surface area contributed by atoms with Gasteiger partial charge in [-0.3, -0.25) is 4.79 Å². The number of carbonyl (C=O) groups excluding carboxylic acids is 1. The minimum absolute atomic E-state index is 0.336. The molecule has 2 rings (SSSR count). The van der Waals surface area contributed by atoms with E-state index in [9.17, 15) is 4.79 Å². The minimum Gasteiger partial charge on any atom is -0.443 e. The Kier molecular flexibility index (Phi) is 3.36. The van der Waals surface area contributed by atoms with Crippen molar-refractivity contribution in [2.75, 3.05) is 6.61 Å². The Morgan fingerprint density at radius 3 is 3.18 bits per heavy atom. The molecular weight excluding hydrogens is 222 g/mol. The van der Waals surface area contributed by atoms with Crippen molar-refractivity contribution < 1.29 is 14.3 Å². The molecule has 0 fully saturated rings. The molecule has 1 heterocycles. The van der Waals surface area contributed by atoms with Gasteiger partial charge < -0.3 is 20.6 Å². The molecule has 1 atom stereocenters. The van der Waals surface area contributed by atoms with Crippen molar-refractivity contribution in [1.29, 1.82) is 0 Å². The predicted octanol–water partition coefficient (Wildman–Crippen LogP) is -0.236. The largest absolute Gasteiger partial charge is 0.443 e. The van der Waals surface area contributed by atoms with Crippen molar-refractivity contribution in [3.8, 4) is 0 Å². The van der Waals surface area contributed by atoms with Crippen molar-refractivity contribution in [1.82, 2.24) is 10.3 Å². The number of hydrogen-bond acceptors (Lipinski definition) is 5. The summed E-state index contributed by atoms with van der Waals surface area (Å²) in [4.78, 5) is 15.3. The predicted molar refractivity (Wildman–Crippen MR) is 60.9 cm³/mol. The summed E-state index contributed by atoms with van der Waals surface area (Å²) < 4.78 is 5.15. The van der Waals surface area contributed by atoms with E-state index in [0.717, 1.165) is 11.1 Å². The Bertz CT molecular complexity index is 523. The highest BCUT2D eigenvalue weighted by Crippen LogP contribution is 2.13. The fourth-order valence-electron chi connectivity index (χ4n) is 1.41. The zero-order valence-electron chi connectivity index (χ0n) is 9.09. The first kappa shape index (κ1) is 11.6. The van der Waals surface area contributed by atoms with Crippen LogP contribution in [0.5, 0.6) is 0 Å². The number of aliphatic hydroxyl groups excluding tert-OH is 1. The Balaban J connectivity index is 2.01. The topological polar surface area (TPSA) is 101 Å². The second-order valence-corrected chi connectivity index (χ2v) is 3.66. The average Bonchev–Trinajstić information content (AvgIpc) is 2.82. The molecule has 17 heavy (non-hydrogen) atoms. The van der Waals surface area contributed by atoms with Gasteiger partial charge in [-0.1, -0.05) is 6.07 Å². The molecule has 0 radical (unpaired) electrons. The Morgan fingerprint density at radius 2 is 2.41 bits per heavy atom. The summed E-state index contributed by atoms with van der Waals surface area (Å²) in [5.41, 5.74) is 7.69. The van der Waals surface area contributed by atoms with Crippen LogP contribution in [-0.4, -0.2) is 28.6 Å². The summed E-state index contributed by atoms with van der Waals surface area (Å²) in [6, 6.07) is 4.57. The SMILES string of the molecule is NC(CO)C(=O)NCc1ccc2ncoc2c1. The van der Waals surface area contributed by atoms with Gasteiger partial charge in [-0.25, -0.2) is 4.98 Å². The van der Waals surface area contributed by atoms with Gasteiger partial charge in [0, 0.05) is 6.54 Å². The summed E-state index contributed by atoms with van der Waals surface area (Å²) >= 11 is 0. The molecule has 2 aromatic rings. The van der Waals surface area contributed by atoms with Crippen molar-refractivity contribution in [2.24, 2.45) is 5.73 Å². The fraction of sp³-hybridized carbons (Fsp3) is 0.273. The van der Waals surface area contributed by atoms with E-state index in [1.54, 1.807) is 6.07 Å². The average molecular weight is 235 g/mol. The normalized spacial score (nSPS) is 12.6. The number of aliphatic hydroxyl groups is 1. The molecule has 0 aliphatic heterocycles. The van der Waals surface area contributed by atoms with Gasteiger partial charge in [0.1, 0.15) is 11.6 Å². The van der Waals surface area contributed by atoms with Crippen LogP contribution in [0.1, 0.15) is 5.56 Å². The number of benzene rings is 1. The second kappa shape index (κ2) is 4.94. The third-order valence-corrected chi connectivity index (χ3v) is 2.40. The summed E-state index contributed by atoms with van der Waals surface area (Å²) in [5.74, 6) is -0.384. The standard InChI is InChI=1S/C11H13N3O3/c12-8(5-15)11(16)13-4-7-1-2-9-10(3-7)17-6-14-9/h1-3,6,8,15H,4-5,12H2,(H,13,16). The third-order valence-electron chi connectivity index (χ3n) is 2.40. The molecule has 4 N–H and O–H groups in total. The molecule has 1 aromatic heterocycles. The number of carbonyl (C=O) groups is 1. The highest BCUT2D eigenvalue weighted by molar-refractivity contribution is 5.81. The maximum Gasteiger partial charge on any atom is 0.239 e. The van der Waals surface area contributed by atoms with Gasteiger partial charge in [0.15, 0.2) is 12.0 Å². The molecule has 1 aromatic carbocycles. The van der Waals surface area contributed by atoms with Crippen molar-refractivity contribution >= 4 is 17.0 Å². The minimum atomic E-state index is -0.885. The van der Waals surface area contributed by atoms with Gasteiger partial charge in [0.25, 0.3) is 0 Å². The van der Waals surface area contributed by atoms with Gasteiger partial charge in [-0.05, 0) is 17.7 Å². The number of nitrogens with zero attached hydrogens (tertiary/aromatic N) is 1. The van der Waals surface area contributed by atoms with Crippen LogP contribution in [0.15, 0.2) is 29.0 Å². The van der Waals surface area contributed by atoms with E-state index < -0.39 is 6.04 Å². The number of nitrogens with one attached hydrogen (secondary N) is 1. The Morgan fingerprint density at radius 1 is 1.59 bits per heavy atom. The van der Waals surface area contributed by atoms with Crippen LogP contribution >= 0.6 is 0 Å². The van der Waals surface area contributed by atoms with Gasteiger partial charge in [0.2, 0.25) is 5.91 Å². The van der Waals surface area contributed by atoms with Crippen molar-refractivity contribution in [3.63, 3.8) is 0 Å². The van der Waals surface area contributed by atoms with Crippen LogP contribution in [0.4, 0.5) is 0 Å². The van der Waals surface area contributed by atoms with Gasteiger partial charge >= 0.3 is 0 Å². The summed E-state index contributed by atoms with van der Waals surface area (Å²) in [6.07, 6.45) is 1.37. The number of rotatable bonds is 4. The van der Waals surface area contributed by atoms with E-state index >= 15 is 0 Å². The molecular formula is C11H13N3O3. The zero-order valence-corrected chi connectivity index (χ0v) is 9.09. The number of aromatic nitrogens is 1. The lowest BCUT2D eigenvalue weighted by molar-refractivity contribution is -0.123. The van der Waals surface area contributed by atoms with E-state index in [2.05, 4.69) is 10.3 Å². The Labute approximate surface area is 97.4 Å². The van der Waals surface area contributed by atoms with Crippen LogP contribution in [0.3, 0.4) is 0 Å². The maximum atomic E-state index is 11.3. The van der Waals surface area contributed by atoms with Crippen LogP contribution in [-0.2, 0) is 11.3 Å². The summed E-state index contributed by atoms with van der Waals surface area (Å²) in [5, 5.41) is 11.3. The van der Waals surface area contributed by atoms with Gasteiger partial charge in [-0.2, -0.15) is 0 Å². The van der Waals surface area contributed by atoms with E-state index in [1.807, 2.05) is 12.1 Å². The molecule has 1 amide bonds. The lowest BCUT2D eigenvalue weighted by Crippen LogP contribution is -2.42. The molecule has 90 valence electrons. The lowest BCUT2D eigenvalue weighted by atomic mass is 10.2. The van der Waals surface area contributed by atoms with Crippen LogP contribution in [0.25, 0.3) is 11.1 Å². The number of amides is 1. The maximum absolute atomic E-state index is 11.3. The number of fused-ring (bicyclic) bond motifs is 1. The lowest BCUT2D eigenvalue weighted by Gasteiger charge is -2.09. The third kappa shape index (κ3) is 2.61. The Hall–Kier alpha value is -1.92. The molecule has 0 saturated heterocycles. The molecule has 0 spiro atoms. The number of oxazole rings is 1. The monoisotopic (exact) mass is 235 g/mol. The highest BCUT2D eigenvalue weighted by atomic mass is 16.3. The van der Waals surface area contributed by atoms with E-state index in [1.165, 1.54) is 6.39 Å². The first-order valence-corrected chi connectivity index (χ1v) is 5.17. The van der Waals surface area contributed by atoms with Crippen molar-refractivity contribution in [2.45, 2.75) is 12.6 Å². The molecule has 1 unspecified atom stereocenters. The molecule has 6 nitrogen and oxygen atoms in total. The first-order valence-electron chi connectivity index (χ1n) is 5.17. The van der Waals surface area contributed by atoms with Crippen LogP contribution in [0, 0.1) is 0 Å².